The molecule has 80 valence electrons. The maximum Gasteiger partial charge on any atom is 0.170 e. The molecule has 0 atom stereocenters. The maximum atomic E-state index is 4.39. The molecule has 0 aliphatic rings. The monoisotopic (exact) mass is 240 g/mol. The largest absolute Gasteiger partial charge is 0.272 e. The van der Waals surface area contributed by atoms with Gasteiger partial charge in [-0.25, -0.2) is 4.98 Å². The van der Waals surface area contributed by atoms with Gasteiger partial charge in [0.1, 0.15) is 5.82 Å². The van der Waals surface area contributed by atoms with E-state index in [-0.39, 0.29) is 0 Å². The fourth-order valence-electron chi connectivity index (χ4n) is 1.10. The van der Waals surface area contributed by atoms with Crippen LogP contribution in [0.25, 0.3) is 0 Å². The molecule has 2 rings (SSSR count). The molecule has 0 unspecified atom stereocenters. The second kappa shape index (κ2) is 5.27. The Balaban J connectivity index is 1.78. The SMILES string of the molecule is CCc1nsc(SCCn2cccn2)n1. The van der Waals surface area contributed by atoms with Crippen molar-refractivity contribution >= 4 is 23.3 Å². The number of hydrogen-bond acceptors (Lipinski definition) is 5. The van der Waals surface area contributed by atoms with Crippen LogP contribution in [0.5, 0.6) is 0 Å². The number of nitrogens with zero attached hydrogens (tertiary/aromatic N) is 4. The summed E-state index contributed by atoms with van der Waals surface area (Å²) in [4.78, 5) is 4.39. The lowest BCUT2D eigenvalue weighted by atomic mass is 10.5. The second-order valence-corrected chi connectivity index (χ2v) is 5.04. The Labute approximate surface area is 96.9 Å². The molecule has 0 amide bonds. The first-order valence-electron chi connectivity index (χ1n) is 4.81. The second-order valence-electron chi connectivity index (χ2n) is 2.95. The quantitative estimate of drug-likeness (QED) is 0.751. The Kier molecular flexibility index (Phi) is 3.74. The van der Waals surface area contributed by atoms with E-state index in [1.54, 1.807) is 18.0 Å². The molecule has 6 heteroatoms. The van der Waals surface area contributed by atoms with Crippen LogP contribution in [0, 0.1) is 0 Å². The number of aryl methyl sites for hydroxylation is 2. The molecule has 0 aromatic carbocycles. The van der Waals surface area contributed by atoms with Crippen LogP contribution in [0.4, 0.5) is 0 Å². The molecule has 2 aromatic heterocycles. The van der Waals surface area contributed by atoms with Crippen molar-refractivity contribution in [3.63, 3.8) is 0 Å². The zero-order valence-electron chi connectivity index (χ0n) is 8.46. The third kappa shape index (κ3) is 3.04. The first-order chi connectivity index (χ1) is 7.38. The first-order valence-corrected chi connectivity index (χ1v) is 6.57. The van der Waals surface area contributed by atoms with Gasteiger partial charge in [-0.1, -0.05) is 18.7 Å². The van der Waals surface area contributed by atoms with Crippen molar-refractivity contribution in [3.05, 3.63) is 24.3 Å². The Morgan fingerprint density at radius 1 is 1.53 bits per heavy atom. The molecule has 15 heavy (non-hydrogen) atoms. The average Bonchev–Trinajstić information content (AvgIpc) is 2.88. The third-order valence-electron chi connectivity index (χ3n) is 1.87. The molecule has 0 bridgehead atoms. The van der Waals surface area contributed by atoms with Crippen molar-refractivity contribution in [2.75, 3.05) is 5.75 Å². The van der Waals surface area contributed by atoms with Crippen LogP contribution in [0.15, 0.2) is 22.8 Å². The van der Waals surface area contributed by atoms with E-state index >= 15 is 0 Å². The summed E-state index contributed by atoms with van der Waals surface area (Å²) in [6.07, 6.45) is 4.68. The summed E-state index contributed by atoms with van der Waals surface area (Å²) < 4.78 is 7.22. The number of thioether (sulfide) groups is 1. The van der Waals surface area contributed by atoms with Gasteiger partial charge in [-0.2, -0.15) is 9.47 Å². The highest BCUT2D eigenvalue weighted by Crippen LogP contribution is 2.20. The molecular formula is C9H12N4S2. The van der Waals surface area contributed by atoms with Gasteiger partial charge in [0, 0.05) is 24.6 Å². The van der Waals surface area contributed by atoms with E-state index in [0.717, 1.165) is 28.9 Å². The summed E-state index contributed by atoms with van der Waals surface area (Å²) in [7, 11) is 0. The minimum absolute atomic E-state index is 0.913. The van der Waals surface area contributed by atoms with E-state index in [0.29, 0.717) is 0 Å². The van der Waals surface area contributed by atoms with Crippen LogP contribution in [0.3, 0.4) is 0 Å². The molecule has 0 aliphatic heterocycles. The summed E-state index contributed by atoms with van der Waals surface area (Å²) in [5.41, 5.74) is 0. The van der Waals surface area contributed by atoms with Crippen molar-refractivity contribution in [3.8, 4) is 0 Å². The lowest BCUT2D eigenvalue weighted by Crippen LogP contribution is -2.00. The van der Waals surface area contributed by atoms with E-state index in [1.807, 2.05) is 16.9 Å². The van der Waals surface area contributed by atoms with Crippen LogP contribution in [0.2, 0.25) is 0 Å². The topological polar surface area (TPSA) is 43.6 Å². The molecular weight excluding hydrogens is 228 g/mol. The van der Waals surface area contributed by atoms with Crippen molar-refractivity contribution in [2.24, 2.45) is 0 Å². The van der Waals surface area contributed by atoms with Gasteiger partial charge in [-0.05, 0) is 17.6 Å². The summed E-state index contributed by atoms with van der Waals surface area (Å²) in [5.74, 6) is 1.93. The van der Waals surface area contributed by atoms with E-state index in [2.05, 4.69) is 21.4 Å². The van der Waals surface area contributed by atoms with Crippen LogP contribution in [-0.4, -0.2) is 24.9 Å². The number of rotatable bonds is 5. The summed E-state index contributed by atoms with van der Waals surface area (Å²) in [6, 6.07) is 1.94. The van der Waals surface area contributed by atoms with Gasteiger partial charge in [-0.15, -0.1) is 0 Å². The molecule has 0 saturated carbocycles. The Morgan fingerprint density at radius 2 is 2.47 bits per heavy atom. The van der Waals surface area contributed by atoms with E-state index < -0.39 is 0 Å². The van der Waals surface area contributed by atoms with Crippen LogP contribution < -0.4 is 0 Å². The highest BCUT2D eigenvalue weighted by atomic mass is 32.2. The van der Waals surface area contributed by atoms with Crippen molar-refractivity contribution in [1.29, 1.82) is 0 Å². The number of aromatic nitrogens is 4. The number of hydrogen-bond donors (Lipinski definition) is 0. The minimum atomic E-state index is 0.913. The van der Waals surface area contributed by atoms with E-state index in [4.69, 9.17) is 0 Å². The zero-order valence-corrected chi connectivity index (χ0v) is 10.1. The molecule has 4 nitrogen and oxygen atoms in total. The maximum absolute atomic E-state index is 4.39. The van der Waals surface area contributed by atoms with E-state index in [1.165, 1.54) is 11.5 Å². The predicted octanol–water partition coefficient (Wildman–Crippen LogP) is 2.09. The van der Waals surface area contributed by atoms with Crippen LogP contribution in [0.1, 0.15) is 12.7 Å². The smallest absolute Gasteiger partial charge is 0.170 e. The van der Waals surface area contributed by atoms with Gasteiger partial charge in [0.2, 0.25) is 0 Å². The third-order valence-corrected chi connectivity index (χ3v) is 3.72. The molecule has 2 heterocycles. The van der Waals surface area contributed by atoms with Gasteiger partial charge in [0.05, 0.1) is 6.54 Å². The Morgan fingerprint density at radius 3 is 3.13 bits per heavy atom. The summed E-state index contributed by atoms with van der Waals surface area (Å²) >= 11 is 3.22. The molecule has 0 spiro atoms. The fraction of sp³-hybridized carbons (Fsp3) is 0.444. The highest BCUT2D eigenvalue weighted by molar-refractivity contribution is 8.00. The zero-order chi connectivity index (χ0) is 10.5. The fourth-order valence-corrected chi connectivity index (χ4v) is 2.79. The van der Waals surface area contributed by atoms with Crippen molar-refractivity contribution < 1.29 is 0 Å². The molecule has 0 saturated heterocycles. The van der Waals surface area contributed by atoms with Crippen LogP contribution >= 0.6 is 23.3 Å². The average molecular weight is 240 g/mol. The Hall–Kier alpha value is -0.880. The molecule has 0 aliphatic carbocycles. The lowest BCUT2D eigenvalue weighted by Gasteiger charge is -1.98. The molecule has 0 N–H and O–H groups in total. The minimum Gasteiger partial charge on any atom is -0.272 e. The summed E-state index contributed by atoms with van der Waals surface area (Å²) in [5, 5.41) is 4.14. The normalized spacial score (nSPS) is 10.7. The van der Waals surface area contributed by atoms with Crippen molar-refractivity contribution in [1.82, 2.24) is 19.1 Å². The van der Waals surface area contributed by atoms with Gasteiger partial charge < -0.3 is 0 Å². The molecule has 0 radical (unpaired) electrons. The van der Waals surface area contributed by atoms with Crippen LogP contribution in [-0.2, 0) is 13.0 Å². The lowest BCUT2D eigenvalue weighted by molar-refractivity contribution is 0.666. The highest BCUT2D eigenvalue weighted by Gasteiger charge is 2.02. The summed E-state index contributed by atoms with van der Waals surface area (Å²) in [6.45, 7) is 2.99. The standard InChI is InChI=1S/C9H12N4S2/c1-2-8-11-9(15-12-8)14-7-6-13-5-3-4-10-13/h3-5H,2,6-7H2,1H3. The molecule has 2 aromatic rings. The van der Waals surface area contributed by atoms with Crippen molar-refractivity contribution in [2.45, 2.75) is 24.2 Å². The van der Waals surface area contributed by atoms with Gasteiger partial charge in [0.15, 0.2) is 4.34 Å². The van der Waals surface area contributed by atoms with Gasteiger partial charge >= 0.3 is 0 Å². The molecule has 0 fully saturated rings. The Bertz CT molecular complexity index is 396. The van der Waals surface area contributed by atoms with Gasteiger partial charge in [-0.3, -0.25) is 4.68 Å². The first kappa shape index (κ1) is 10.6. The van der Waals surface area contributed by atoms with Gasteiger partial charge in [0.25, 0.3) is 0 Å². The van der Waals surface area contributed by atoms with E-state index in [9.17, 15) is 0 Å². The predicted molar refractivity (Wildman–Crippen MR) is 62.2 cm³/mol.